The molecule has 1 aromatic heterocycles. The van der Waals surface area contributed by atoms with Crippen molar-refractivity contribution in [2.24, 2.45) is 4.99 Å². The second-order valence-corrected chi connectivity index (χ2v) is 22.4. The lowest BCUT2D eigenvalue weighted by Gasteiger charge is -2.41. The largest absolute Gasteiger partial charge is 0.350 e. The third-order valence-corrected chi connectivity index (χ3v) is 19.6. The lowest BCUT2D eigenvalue weighted by Crippen LogP contribution is -2.69. The SMILES string of the molecule is CC1(C)c2ccccc2-c2cc3c4ccccc4n(-c4cccc(C5N=C(C6=CC([Si](c7ccccc7)(c7ccccc7)c7ccccc7)CC=C6)NC(c6ccccc6)N5)c4)c3cc21. The molecule has 1 aliphatic heterocycles. The van der Waals surface area contributed by atoms with Crippen molar-refractivity contribution in [3.8, 4) is 16.8 Å². The molecule has 2 heterocycles. The van der Waals surface area contributed by atoms with E-state index in [0.29, 0.717) is 0 Å². The third kappa shape index (κ3) is 6.41. The van der Waals surface area contributed by atoms with Crippen molar-refractivity contribution >= 4 is 51.3 Å². The van der Waals surface area contributed by atoms with E-state index in [9.17, 15) is 0 Å². The molecule has 0 fully saturated rings. The van der Waals surface area contributed by atoms with Crippen molar-refractivity contribution in [2.45, 2.75) is 43.6 Å². The molecule has 314 valence electrons. The van der Waals surface area contributed by atoms with Gasteiger partial charge in [-0.1, -0.05) is 208 Å². The Hall–Kier alpha value is -7.31. The summed E-state index contributed by atoms with van der Waals surface area (Å²) >= 11 is 0. The van der Waals surface area contributed by atoms with Gasteiger partial charge in [0.2, 0.25) is 0 Å². The fourth-order valence-corrected chi connectivity index (χ4v) is 16.7. The van der Waals surface area contributed by atoms with Gasteiger partial charge in [0.25, 0.3) is 0 Å². The van der Waals surface area contributed by atoms with Gasteiger partial charge in [-0.2, -0.15) is 0 Å². The number of hydrogen-bond donors (Lipinski definition) is 2. The highest BCUT2D eigenvalue weighted by Crippen LogP contribution is 2.51. The van der Waals surface area contributed by atoms with E-state index in [0.717, 1.165) is 29.1 Å². The number of allylic oxidation sites excluding steroid dienone is 2. The number of para-hydroxylation sites is 1. The molecule has 4 nitrogen and oxygen atoms in total. The summed E-state index contributed by atoms with van der Waals surface area (Å²) in [5.74, 6) is 0.903. The average Bonchev–Trinajstić information content (AvgIpc) is 3.82. The van der Waals surface area contributed by atoms with E-state index in [4.69, 9.17) is 4.99 Å². The average molecular weight is 855 g/mol. The van der Waals surface area contributed by atoms with E-state index in [1.165, 1.54) is 65.2 Å². The maximum atomic E-state index is 5.60. The van der Waals surface area contributed by atoms with Crippen LogP contribution >= 0.6 is 0 Å². The van der Waals surface area contributed by atoms with Crippen LogP contribution in [0.4, 0.5) is 0 Å². The first-order chi connectivity index (χ1) is 32.0. The summed E-state index contributed by atoms with van der Waals surface area (Å²) in [7, 11) is -2.64. The molecule has 12 rings (SSSR count). The molecule has 0 bridgehead atoms. The molecule has 65 heavy (non-hydrogen) atoms. The Balaban J connectivity index is 0.998. The van der Waals surface area contributed by atoms with Gasteiger partial charge in [-0.25, -0.2) is 4.99 Å². The molecule has 2 N–H and O–H groups in total. The lowest BCUT2D eigenvalue weighted by atomic mass is 9.82. The maximum Gasteiger partial charge on any atom is 0.155 e. The number of nitrogens with zero attached hydrogens (tertiary/aromatic N) is 2. The van der Waals surface area contributed by atoms with Crippen LogP contribution in [-0.2, 0) is 5.41 Å². The molecule has 0 saturated carbocycles. The lowest BCUT2D eigenvalue weighted by molar-refractivity contribution is 0.409. The molecule has 0 radical (unpaired) electrons. The molecule has 2 aliphatic carbocycles. The number of nitrogens with one attached hydrogen (secondary N) is 2. The zero-order chi connectivity index (χ0) is 43.5. The van der Waals surface area contributed by atoms with Crippen LogP contribution in [0.25, 0.3) is 38.6 Å². The minimum atomic E-state index is -2.64. The molecular weight excluding hydrogens is 805 g/mol. The van der Waals surface area contributed by atoms with Crippen LogP contribution in [0.5, 0.6) is 0 Å². The second-order valence-electron chi connectivity index (χ2n) is 18.3. The number of aromatic nitrogens is 1. The molecule has 8 aromatic carbocycles. The van der Waals surface area contributed by atoms with Gasteiger partial charge in [-0.15, -0.1) is 0 Å². The zero-order valence-corrected chi connectivity index (χ0v) is 37.7. The summed E-state index contributed by atoms with van der Waals surface area (Å²) in [4.78, 5) is 5.60. The van der Waals surface area contributed by atoms with Crippen LogP contribution in [0.2, 0.25) is 5.54 Å². The highest BCUT2D eigenvalue weighted by Gasteiger charge is 2.46. The van der Waals surface area contributed by atoms with E-state index in [-0.39, 0.29) is 23.3 Å². The van der Waals surface area contributed by atoms with Gasteiger partial charge in [0.15, 0.2) is 8.07 Å². The normalized spacial score (nSPS) is 18.7. The van der Waals surface area contributed by atoms with Crippen molar-refractivity contribution in [2.75, 3.05) is 0 Å². The van der Waals surface area contributed by atoms with Crippen LogP contribution < -0.4 is 26.2 Å². The Morgan fingerprint density at radius 3 is 1.88 bits per heavy atom. The second kappa shape index (κ2) is 15.7. The first-order valence-electron chi connectivity index (χ1n) is 23.0. The fraction of sp³-hybridized carbons (Fsp3) is 0.117. The first kappa shape index (κ1) is 39.3. The fourth-order valence-electron chi connectivity index (χ4n) is 11.4. The predicted octanol–water partition coefficient (Wildman–Crippen LogP) is 11.8. The smallest absolute Gasteiger partial charge is 0.155 e. The number of rotatable bonds is 8. The van der Waals surface area contributed by atoms with Gasteiger partial charge in [0.1, 0.15) is 18.2 Å². The highest BCUT2D eigenvalue weighted by atomic mass is 28.3. The van der Waals surface area contributed by atoms with Crippen molar-refractivity contribution in [1.82, 2.24) is 15.2 Å². The van der Waals surface area contributed by atoms with E-state index >= 15 is 0 Å². The molecule has 0 amide bonds. The predicted molar refractivity (Wildman–Crippen MR) is 274 cm³/mol. The van der Waals surface area contributed by atoms with Gasteiger partial charge in [-0.3, -0.25) is 5.32 Å². The molecule has 9 aromatic rings. The Morgan fingerprint density at radius 2 is 1.17 bits per heavy atom. The monoisotopic (exact) mass is 854 g/mol. The molecule has 5 heteroatoms. The number of aliphatic imine (C=N–C) groups is 1. The highest BCUT2D eigenvalue weighted by molar-refractivity contribution is 7.12. The standard InChI is InChI=1S/C60H50N4Si/c1-60(2)53-35-17-15-33-49(53)51-39-52-50-34-16-18-36-55(50)64(56(52)40-54(51)60)44-25-19-23-42(37-44)58-61-57(41-21-7-3-8-22-41)62-59(63-58)43-24-20-32-48(38-43)65(45-26-9-4-10-27-45,46-28-11-5-12-29-46)47-30-13-6-14-31-47/h3-31,33-40,48,57-58,61H,32H2,1-2H3,(H,62,63). The van der Waals surface area contributed by atoms with Gasteiger partial charge < -0.3 is 9.88 Å². The van der Waals surface area contributed by atoms with Crippen molar-refractivity contribution in [1.29, 1.82) is 0 Å². The number of amidine groups is 1. The van der Waals surface area contributed by atoms with Crippen LogP contribution in [0.15, 0.2) is 235 Å². The Morgan fingerprint density at radius 1 is 0.554 bits per heavy atom. The van der Waals surface area contributed by atoms with Gasteiger partial charge in [-0.05, 0) is 91.2 Å². The molecule has 3 aliphatic rings. The topological polar surface area (TPSA) is 41.4 Å². The molecular formula is C60H50N4Si. The summed E-state index contributed by atoms with van der Waals surface area (Å²) in [6, 6.07) is 76.2. The summed E-state index contributed by atoms with van der Waals surface area (Å²) in [6.45, 7) is 4.73. The summed E-state index contributed by atoms with van der Waals surface area (Å²) in [6.07, 6.45) is 7.69. The van der Waals surface area contributed by atoms with Crippen LogP contribution in [0.1, 0.15) is 54.9 Å². The minimum Gasteiger partial charge on any atom is -0.350 e. The summed E-state index contributed by atoms with van der Waals surface area (Å²) in [5.41, 5.74) is 12.5. The number of benzene rings is 8. The maximum absolute atomic E-state index is 5.60. The van der Waals surface area contributed by atoms with E-state index in [2.05, 4.69) is 254 Å². The minimum absolute atomic E-state index is 0.105. The Bertz CT molecular complexity index is 3230. The Kier molecular flexibility index (Phi) is 9.51. The number of fused-ring (bicyclic) bond motifs is 6. The number of hydrogen-bond acceptors (Lipinski definition) is 3. The molecule has 3 unspecified atom stereocenters. The van der Waals surface area contributed by atoms with Gasteiger partial charge in [0.05, 0.1) is 11.0 Å². The third-order valence-electron chi connectivity index (χ3n) is 14.4. The van der Waals surface area contributed by atoms with Crippen LogP contribution in [-0.4, -0.2) is 18.5 Å². The van der Waals surface area contributed by atoms with Gasteiger partial charge >= 0.3 is 0 Å². The summed E-state index contributed by atoms with van der Waals surface area (Å²) < 4.78 is 2.46. The van der Waals surface area contributed by atoms with E-state index < -0.39 is 8.07 Å². The van der Waals surface area contributed by atoms with Gasteiger partial charge in [0, 0.05) is 27.4 Å². The van der Waals surface area contributed by atoms with Crippen LogP contribution in [0.3, 0.4) is 0 Å². The zero-order valence-electron chi connectivity index (χ0n) is 36.7. The molecule has 0 saturated heterocycles. The summed E-state index contributed by atoms with van der Waals surface area (Å²) in [5, 5.41) is 14.6. The van der Waals surface area contributed by atoms with E-state index in [1.54, 1.807) is 0 Å². The van der Waals surface area contributed by atoms with Crippen molar-refractivity contribution in [3.63, 3.8) is 0 Å². The van der Waals surface area contributed by atoms with Crippen molar-refractivity contribution < 1.29 is 0 Å². The van der Waals surface area contributed by atoms with E-state index in [1.807, 2.05) is 0 Å². The first-order valence-corrected chi connectivity index (χ1v) is 25.0. The molecule has 0 spiro atoms. The van der Waals surface area contributed by atoms with Crippen molar-refractivity contribution in [3.05, 3.63) is 252 Å². The quantitative estimate of drug-likeness (QED) is 0.118. The Labute approximate surface area is 382 Å². The molecule has 3 atom stereocenters. The van der Waals surface area contributed by atoms with Crippen LogP contribution in [0, 0.1) is 0 Å².